The molecule has 2 heterocycles. The molecule has 2 amide bonds. The molecule has 0 radical (unpaired) electrons. The van der Waals surface area contributed by atoms with Gasteiger partial charge in [0.15, 0.2) is 0 Å². The molecule has 0 bridgehead atoms. The van der Waals surface area contributed by atoms with E-state index in [0.717, 1.165) is 6.26 Å². The molecule has 23 heavy (non-hydrogen) atoms. The first-order chi connectivity index (χ1) is 10.9. The summed E-state index contributed by atoms with van der Waals surface area (Å²) in [7, 11) is -3.31. The Kier molecular flexibility index (Phi) is 4.11. The molecule has 3 rings (SSSR count). The van der Waals surface area contributed by atoms with E-state index in [0.29, 0.717) is 30.8 Å². The number of fused-ring (bicyclic) bond motifs is 1. The lowest BCUT2D eigenvalue weighted by atomic mass is 9.97. The Bertz CT molecular complexity index is 747. The van der Waals surface area contributed by atoms with Crippen LogP contribution in [-0.4, -0.2) is 50.4 Å². The van der Waals surface area contributed by atoms with Gasteiger partial charge in [-0.15, -0.1) is 0 Å². The van der Waals surface area contributed by atoms with Gasteiger partial charge in [-0.25, -0.2) is 12.7 Å². The number of carbonyl (C=O) groups excluding carboxylic acids is 2. The predicted octanol–water partition coefficient (Wildman–Crippen LogP) is 0.643. The van der Waals surface area contributed by atoms with Crippen molar-refractivity contribution in [2.45, 2.75) is 12.8 Å². The second kappa shape index (κ2) is 5.93. The van der Waals surface area contributed by atoms with Gasteiger partial charge in [0.25, 0.3) is 0 Å². The Morgan fingerprint density at radius 3 is 2.78 bits per heavy atom. The van der Waals surface area contributed by atoms with Gasteiger partial charge in [-0.3, -0.25) is 9.59 Å². The van der Waals surface area contributed by atoms with Crippen LogP contribution in [0.3, 0.4) is 0 Å². The summed E-state index contributed by atoms with van der Waals surface area (Å²) in [4.78, 5) is 26.2. The van der Waals surface area contributed by atoms with Gasteiger partial charge >= 0.3 is 0 Å². The third-order valence-corrected chi connectivity index (χ3v) is 5.51. The summed E-state index contributed by atoms with van der Waals surface area (Å²) in [6.07, 6.45) is 2.43. The maximum Gasteiger partial charge on any atom is 0.244 e. The maximum absolute atomic E-state index is 12.9. The summed E-state index contributed by atoms with van der Waals surface area (Å²) in [5.41, 5.74) is 1.27. The molecule has 1 fully saturated rings. The van der Waals surface area contributed by atoms with Crippen LogP contribution in [-0.2, 0) is 19.6 Å². The SMILES string of the molecule is CS(=O)(=O)N1CCC[C@H](C(=O)N2CC(=O)Nc3ccccc32)C1. The fraction of sp³-hybridized carbons (Fsp3) is 0.467. The van der Waals surface area contributed by atoms with E-state index in [1.165, 1.54) is 9.21 Å². The number of carbonyl (C=O) groups is 2. The molecule has 1 N–H and O–H groups in total. The minimum atomic E-state index is -3.31. The average Bonchev–Trinajstić information content (AvgIpc) is 2.52. The third-order valence-electron chi connectivity index (χ3n) is 4.24. The van der Waals surface area contributed by atoms with Crippen LogP contribution >= 0.6 is 0 Å². The van der Waals surface area contributed by atoms with Gasteiger partial charge in [0.05, 0.1) is 23.5 Å². The van der Waals surface area contributed by atoms with Gasteiger partial charge < -0.3 is 10.2 Å². The average molecular weight is 337 g/mol. The molecule has 0 saturated carbocycles. The highest BCUT2D eigenvalue weighted by molar-refractivity contribution is 7.88. The van der Waals surface area contributed by atoms with E-state index in [9.17, 15) is 18.0 Å². The maximum atomic E-state index is 12.9. The number of piperidine rings is 1. The van der Waals surface area contributed by atoms with E-state index in [4.69, 9.17) is 0 Å². The minimum Gasteiger partial charge on any atom is -0.323 e. The van der Waals surface area contributed by atoms with Crippen molar-refractivity contribution >= 4 is 33.2 Å². The van der Waals surface area contributed by atoms with Crippen molar-refractivity contribution in [3.8, 4) is 0 Å². The van der Waals surface area contributed by atoms with Crippen molar-refractivity contribution in [3.05, 3.63) is 24.3 Å². The highest BCUT2D eigenvalue weighted by atomic mass is 32.2. The van der Waals surface area contributed by atoms with Crippen molar-refractivity contribution < 1.29 is 18.0 Å². The zero-order valence-electron chi connectivity index (χ0n) is 12.9. The topological polar surface area (TPSA) is 86.8 Å². The number of benzene rings is 1. The molecule has 0 aromatic heterocycles. The quantitative estimate of drug-likeness (QED) is 0.858. The van der Waals surface area contributed by atoms with E-state index in [2.05, 4.69) is 5.32 Å². The monoisotopic (exact) mass is 337 g/mol. The first-order valence-electron chi connectivity index (χ1n) is 7.51. The smallest absolute Gasteiger partial charge is 0.244 e. The minimum absolute atomic E-state index is 0.0365. The number of nitrogens with one attached hydrogen (secondary N) is 1. The molecule has 8 heteroatoms. The molecule has 1 aromatic rings. The Morgan fingerprint density at radius 2 is 2.04 bits per heavy atom. The number of anilines is 2. The standard InChI is InChI=1S/C15H19N3O4S/c1-23(21,22)17-8-4-5-11(9-17)15(20)18-10-14(19)16-12-6-2-3-7-13(12)18/h2-3,6-7,11H,4-5,8-10H2,1H3,(H,16,19)/t11-/m0/s1. The van der Waals surface area contributed by atoms with E-state index < -0.39 is 15.9 Å². The summed E-state index contributed by atoms with van der Waals surface area (Å²) in [6, 6.07) is 7.12. The van der Waals surface area contributed by atoms with Gasteiger partial charge in [-0.05, 0) is 25.0 Å². The van der Waals surface area contributed by atoms with Crippen molar-refractivity contribution in [1.82, 2.24) is 4.31 Å². The van der Waals surface area contributed by atoms with Gasteiger partial charge in [0.1, 0.15) is 6.54 Å². The lowest BCUT2D eigenvalue weighted by Gasteiger charge is -2.35. The Balaban J connectivity index is 1.84. The number of nitrogens with zero attached hydrogens (tertiary/aromatic N) is 2. The van der Waals surface area contributed by atoms with E-state index in [1.54, 1.807) is 24.3 Å². The first-order valence-corrected chi connectivity index (χ1v) is 9.36. The fourth-order valence-corrected chi connectivity index (χ4v) is 4.01. The van der Waals surface area contributed by atoms with E-state index in [-0.39, 0.29) is 24.9 Å². The summed E-state index contributed by atoms with van der Waals surface area (Å²) in [5.74, 6) is -0.856. The molecular weight excluding hydrogens is 318 g/mol. The predicted molar refractivity (Wildman–Crippen MR) is 86.6 cm³/mol. The van der Waals surface area contributed by atoms with Gasteiger partial charge in [0.2, 0.25) is 21.8 Å². The zero-order chi connectivity index (χ0) is 16.6. The summed E-state index contributed by atoms with van der Waals surface area (Å²) < 4.78 is 24.8. The third kappa shape index (κ3) is 3.23. The summed E-state index contributed by atoms with van der Waals surface area (Å²) in [6.45, 7) is 0.586. The van der Waals surface area contributed by atoms with E-state index >= 15 is 0 Å². The normalized spacial score (nSPS) is 22.4. The van der Waals surface area contributed by atoms with Gasteiger partial charge in [-0.1, -0.05) is 12.1 Å². The second-order valence-electron chi connectivity index (χ2n) is 5.95. The highest BCUT2D eigenvalue weighted by Crippen LogP contribution is 2.31. The van der Waals surface area contributed by atoms with Crippen LogP contribution in [0.5, 0.6) is 0 Å². The largest absolute Gasteiger partial charge is 0.323 e. The van der Waals surface area contributed by atoms with Crippen LogP contribution in [0.4, 0.5) is 11.4 Å². The molecule has 2 aliphatic heterocycles. The fourth-order valence-electron chi connectivity index (χ4n) is 3.10. The molecule has 0 aliphatic carbocycles. The number of amides is 2. The lowest BCUT2D eigenvalue weighted by molar-refractivity contribution is -0.125. The Hall–Kier alpha value is -1.93. The summed E-state index contributed by atoms with van der Waals surface area (Å²) >= 11 is 0. The molecule has 124 valence electrons. The molecule has 1 atom stereocenters. The molecule has 1 aromatic carbocycles. The number of para-hydroxylation sites is 2. The van der Waals surface area contributed by atoms with Crippen LogP contribution < -0.4 is 10.2 Å². The van der Waals surface area contributed by atoms with Gasteiger partial charge in [-0.2, -0.15) is 0 Å². The van der Waals surface area contributed by atoms with Crippen LogP contribution in [0, 0.1) is 5.92 Å². The van der Waals surface area contributed by atoms with Crippen molar-refractivity contribution in [2.24, 2.45) is 5.92 Å². The Morgan fingerprint density at radius 1 is 1.30 bits per heavy atom. The van der Waals surface area contributed by atoms with Gasteiger partial charge in [0, 0.05) is 13.1 Å². The number of hydrogen-bond acceptors (Lipinski definition) is 4. The zero-order valence-corrected chi connectivity index (χ0v) is 13.7. The number of hydrogen-bond donors (Lipinski definition) is 1. The number of rotatable bonds is 2. The van der Waals surface area contributed by atoms with Crippen molar-refractivity contribution in [1.29, 1.82) is 0 Å². The first kappa shape index (κ1) is 15.9. The van der Waals surface area contributed by atoms with Crippen LogP contribution in [0.15, 0.2) is 24.3 Å². The van der Waals surface area contributed by atoms with Crippen LogP contribution in [0.25, 0.3) is 0 Å². The summed E-state index contributed by atoms with van der Waals surface area (Å²) in [5, 5.41) is 2.74. The Labute approximate surface area is 135 Å². The van der Waals surface area contributed by atoms with Crippen molar-refractivity contribution in [3.63, 3.8) is 0 Å². The van der Waals surface area contributed by atoms with E-state index in [1.807, 2.05) is 0 Å². The van der Waals surface area contributed by atoms with Crippen LogP contribution in [0.1, 0.15) is 12.8 Å². The second-order valence-corrected chi connectivity index (χ2v) is 7.93. The molecule has 0 spiro atoms. The van der Waals surface area contributed by atoms with Crippen molar-refractivity contribution in [2.75, 3.05) is 36.1 Å². The molecule has 7 nitrogen and oxygen atoms in total. The molecule has 1 saturated heterocycles. The number of sulfonamides is 1. The lowest BCUT2D eigenvalue weighted by Crippen LogP contribution is -2.49. The highest BCUT2D eigenvalue weighted by Gasteiger charge is 2.35. The molecular formula is C15H19N3O4S. The van der Waals surface area contributed by atoms with Crippen LogP contribution in [0.2, 0.25) is 0 Å². The molecule has 0 unspecified atom stereocenters. The molecule has 2 aliphatic rings.